The van der Waals surface area contributed by atoms with E-state index in [4.69, 9.17) is 0 Å². The molecular weight excluding hydrogens is 372 g/mol. The van der Waals surface area contributed by atoms with Gasteiger partial charge in [0.1, 0.15) is 0 Å². The van der Waals surface area contributed by atoms with E-state index >= 15 is 0 Å². The number of hydrogen-bond acceptors (Lipinski definition) is 3. The van der Waals surface area contributed by atoms with Crippen molar-refractivity contribution in [1.29, 1.82) is 0 Å². The normalized spacial score (nSPS) is 15.8. The van der Waals surface area contributed by atoms with Crippen LogP contribution < -0.4 is 5.32 Å². The lowest BCUT2D eigenvalue weighted by atomic mass is 10.1. The first-order valence-electron chi connectivity index (χ1n) is 9.93. The number of benzene rings is 2. The summed E-state index contributed by atoms with van der Waals surface area (Å²) < 4.78 is 27.9. The zero-order chi connectivity index (χ0) is 20.1. The molecular formula is C22H28N2O3S. The van der Waals surface area contributed by atoms with Crippen molar-refractivity contribution in [2.45, 2.75) is 50.8 Å². The van der Waals surface area contributed by atoms with Gasteiger partial charge in [-0.2, -0.15) is 4.31 Å². The highest BCUT2D eigenvalue weighted by molar-refractivity contribution is 7.89. The second-order valence-electron chi connectivity index (χ2n) is 7.30. The lowest BCUT2D eigenvalue weighted by molar-refractivity contribution is 0.102. The van der Waals surface area contributed by atoms with Gasteiger partial charge in [0, 0.05) is 24.3 Å². The molecule has 0 aromatic heterocycles. The number of anilines is 1. The monoisotopic (exact) mass is 400 g/mol. The van der Waals surface area contributed by atoms with Gasteiger partial charge in [-0.1, -0.05) is 38.0 Å². The fourth-order valence-electron chi connectivity index (χ4n) is 3.47. The van der Waals surface area contributed by atoms with Crippen molar-refractivity contribution in [2.75, 3.05) is 18.4 Å². The van der Waals surface area contributed by atoms with Crippen molar-refractivity contribution in [1.82, 2.24) is 4.31 Å². The first-order chi connectivity index (χ1) is 13.4. The lowest BCUT2D eigenvalue weighted by Crippen LogP contribution is -2.32. The molecule has 2 aromatic carbocycles. The molecule has 2 aromatic rings. The van der Waals surface area contributed by atoms with Crippen molar-refractivity contribution >= 4 is 21.6 Å². The molecule has 28 heavy (non-hydrogen) atoms. The lowest BCUT2D eigenvalue weighted by Gasteiger charge is -2.21. The highest BCUT2D eigenvalue weighted by Gasteiger charge is 2.27. The van der Waals surface area contributed by atoms with E-state index in [0.717, 1.165) is 32.1 Å². The van der Waals surface area contributed by atoms with Gasteiger partial charge in [0.15, 0.2) is 0 Å². The molecule has 3 rings (SSSR count). The van der Waals surface area contributed by atoms with Crippen molar-refractivity contribution in [2.24, 2.45) is 0 Å². The van der Waals surface area contributed by atoms with Crippen molar-refractivity contribution in [3.05, 3.63) is 59.2 Å². The minimum atomic E-state index is -3.60. The topological polar surface area (TPSA) is 66.5 Å². The van der Waals surface area contributed by atoms with Crippen LogP contribution >= 0.6 is 0 Å². The second kappa shape index (κ2) is 8.88. The molecule has 0 saturated carbocycles. The summed E-state index contributed by atoms with van der Waals surface area (Å²) >= 11 is 0. The summed E-state index contributed by atoms with van der Waals surface area (Å²) in [7, 11) is -3.60. The first-order valence-corrected chi connectivity index (χ1v) is 11.4. The maximum Gasteiger partial charge on any atom is 0.255 e. The van der Waals surface area contributed by atoms with E-state index in [2.05, 4.69) is 12.2 Å². The minimum absolute atomic E-state index is 0.225. The van der Waals surface area contributed by atoms with Crippen LogP contribution in [0, 0.1) is 6.92 Å². The number of amides is 1. The molecule has 1 N–H and O–H groups in total. The first kappa shape index (κ1) is 20.6. The van der Waals surface area contributed by atoms with Crippen LogP contribution in [-0.4, -0.2) is 31.7 Å². The third-order valence-corrected chi connectivity index (χ3v) is 7.29. The number of rotatable bonds is 5. The summed E-state index contributed by atoms with van der Waals surface area (Å²) in [5.41, 5.74) is 2.89. The van der Waals surface area contributed by atoms with E-state index < -0.39 is 10.0 Å². The fourth-order valence-corrected chi connectivity index (χ4v) is 5.24. The van der Waals surface area contributed by atoms with Crippen LogP contribution in [0.1, 0.15) is 54.1 Å². The number of carbonyl (C=O) groups excluding carboxylic acids is 1. The summed E-state index contributed by atoms with van der Waals surface area (Å²) in [4.78, 5) is 12.9. The van der Waals surface area contributed by atoms with Crippen LogP contribution in [0.4, 0.5) is 5.69 Å². The van der Waals surface area contributed by atoms with Crippen molar-refractivity contribution < 1.29 is 13.2 Å². The number of sulfonamides is 1. The zero-order valence-corrected chi connectivity index (χ0v) is 17.4. The summed E-state index contributed by atoms with van der Waals surface area (Å²) in [6.45, 7) is 4.94. The largest absolute Gasteiger partial charge is 0.322 e. The van der Waals surface area contributed by atoms with Gasteiger partial charge in [0.2, 0.25) is 10.0 Å². The smallest absolute Gasteiger partial charge is 0.255 e. The average molecular weight is 401 g/mol. The van der Waals surface area contributed by atoms with Crippen molar-refractivity contribution in [3.63, 3.8) is 0 Å². The fraction of sp³-hybridized carbons (Fsp3) is 0.409. The summed E-state index contributed by atoms with van der Waals surface area (Å²) in [5.74, 6) is -0.309. The number of aryl methyl sites for hydroxylation is 2. The van der Waals surface area contributed by atoms with Crippen LogP contribution in [0.25, 0.3) is 0 Å². The van der Waals surface area contributed by atoms with Gasteiger partial charge in [-0.05, 0) is 61.6 Å². The van der Waals surface area contributed by atoms with E-state index in [1.54, 1.807) is 23.4 Å². The molecule has 0 bridgehead atoms. The van der Waals surface area contributed by atoms with Crippen LogP contribution in [-0.2, 0) is 16.4 Å². The van der Waals surface area contributed by atoms with E-state index in [0.29, 0.717) is 29.9 Å². The highest BCUT2D eigenvalue weighted by Crippen LogP contribution is 2.24. The number of nitrogens with one attached hydrogen (secondary N) is 1. The summed E-state index contributed by atoms with van der Waals surface area (Å²) in [5, 5.41) is 2.85. The van der Waals surface area contributed by atoms with Gasteiger partial charge in [-0.15, -0.1) is 0 Å². The molecule has 1 aliphatic heterocycles. The predicted octanol–water partition coefficient (Wildman–Crippen LogP) is 4.37. The van der Waals surface area contributed by atoms with Gasteiger partial charge < -0.3 is 5.32 Å². The number of nitrogens with zero attached hydrogens (tertiary/aromatic N) is 1. The molecule has 0 aliphatic carbocycles. The van der Waals surface area contributed by atoms with E-state index in [1.807, 2.05) is 24.3 Å². The molecule has 1 heterocycles. The molecule has 0 spiro atoms. The maximum atomic E-state index is 13.2. The molecule has 0 unspecified atom stereocenters. The van der Waals surface area contributed by atoms with Crippen LogP contribution in [0.5, 0.6) is 0 Å². The average Bonchev–Trinajstić information content (AvgIpc) is 2.99. The molecule has 5 nitrogen and oxygen atoms in total. The molecule has 1 amide bonds. The minimum Gasteiger partial charge on any atom is -0.322 e. The van der Waals surface area contributed by atoms with E-state index in [9.17, 15) is 13.2 Å². The number of carbonyl (C=O) groups is 1. The Morgan fingerprint density at radius 1 is 1.00 bits per heavy atom. The molecule has 1 aliphatic rings. The number of hydrogen-bond donors (Lipinski definition) is 1. The highest BCUT2D eigenvalue weighted by atomic mass is 32.2. The van der Waals surface area contributed by atoms with E-state index in [-0.39, 0.29) is 10.8 Å². The summed E-state index contributed by atoms with van der Waals surface area (Å²) in [6, 6.07) is 12.6. The standard InChI is InChI=1S/C22H28N2O3S/c1-3-18-9-12-20(13-10-18)23-22(25)19-11-8-17(2)21(16-19)28(26,27)24-14-6-4-5-7-15-24/h8-13,16H,3-7,14-15H2,1-2H3,(H,23,25). The van der Waals surface area contributed by atoms with Crippen molar-refractivity contribution in [3.8, 4) is 0 Å². The molecule has 1 fully saturated rings. The SMILES string of the molecule is CCc1ccc(NC(=O)c2ccc(C)c(S(=O)(=O)N3CCCCCC3)c2)cc1. The Morgan fingerprint density at radius 3 is 2.25 bits per heavy atom. The quantitative estimate of drug-likeness (QED) is 0.810. The third kappa shape index (κ3) is 4.62. The Hall–Kier alpha value is -2.18. The van der Waals surface area contributed by atoms with Gasteiger partial charge in [0.05, 0.1) is 4.90 Å². The van der Waals surface area contributed by atoms with E-state index in [1.165, 1.54) is 11.6 Å². The Morgan fingerprint density at radius 2 is 1.64 bits per heavy atom. The second-order valence-corrected chi connectivity index (χ2v) is 9.21. The molecule has 1 saturated heterocycles. The van der Waals surface area contributed by atoms with Gasteiger partial charge in [0.25, 0.3) is 5.91 Å². The third-order valence-electron chi connectivity index (χ3n) is 5.25. The molecule has 6 heteroatoms. The van der Waals surface area contributed by atoms with Gasteiger partial charge in [-0.3, -0.25) is 4.79 Å². The Kier molecular flexibility index (Phi) is 6.52. The Labute approximate surface area is 167 Å². The Bertz CT molecular complexity index is 929. The molecule has 0 radical (unpaired) electrons. The molecule has 150 valence electrons. The summed E-state index contributed by atoms with van der Waals surface area (Å²) in [6.07, 6.45) is 4.82. The maximum absolute atomic E-state index is 13.2. The Balaban J connectivity index is 1.84. The predicted molar refractivity (Wildman–Crippen MR) is 112 cm³/mol. The van der Waals surface area contributed by atoms with Crippen LogP contribution in [0.15, 0.2) is 47.4 Å². The van der Waals surface area contributed by atoms with Crippen LogP contribution in [0.3, 0.4) is 0 Å². The van der Waals surface area contributed by atoms with Gasteiger partial charge in [-0.25, -0.2) is 8.42 Å². The zero-order valence-electron chi connectivity index (χ0n) is 16.6. The van der Waals surface area contributed by atoms with Gasteiger partial charge >= 0.3 is 0 Å². The van der Waals surface area contributed by atoms with Crippen LogP contribution in [0.2, 0.25) is 0 Å². The molecule has 0 atom stereocenters.